The first kappa shape index (κ1) is 18.7. The maximum atomic E-state index is 12.7. The molecule has 1 saturated heterocycles. The summed E-state index contributed by atoms with van der Waals surface area (Å²) in [7, 11) is -3.68. The molecule has 0 atom stereocenters. The minimum absolute atomic E-state index is 0.225. The summed E-state index contributed by atoms with van der Waals surface area (Å²) in [4.78, 5) is 9.58. The van der Waals surface area contributed by atoms with E-state index in [1.54, 1.807) is 36.4 Å². The first-order chi connectivity index (χ1) is 13.6. The molecule has 0 unspecified atom stereocenters. The standard InChI is InChI=1S/C21H24N4O2S/c1-2-24-12-14-25(15-13-24)21-19-11-7-6-8-17(19)16-20(22-21)23-28(26,27)18-9-4-3-5-10-18/h3-11,16H,2,12-15H2,1H3,(H,22,23). The van der Waals surface area contributed by atoms with Crippen molar-refractivity contribution in [3.05, 3.63) is 60.7 Å². The molecule has 0 saturated carbocycles. The number of pyridine rings is 1. The van der Waals surface area contributed by atoms with E-state index in [1.165, 1.54) is 0 Å². The number of nitrogens with one attached hydrogen (secondary N) is 1. The molecule has 7 heteroatoms. The van der Waals surface area contributed by atoms with Gasteiger partial charge < -0.3 is 9.80 Å². The average Bonchev–Trinajstić information content (AvgIpc) is 2.73. The van der Waals surface area contributed by atoms with Crippen LogP contribution in [0.1, 0.15) is 6.92 Å². The lowest BCUT2D eigenvalue weighted by atomic mass is 10.1. The lowest BCUT2D eigenvalue weighted by molar-refractivity contribution is 0.271. The molecule has 1 aliphatic rings. The summed E-state index contributed by atoms with van der Waals surface area (Å²) in [6.45, 7) is 6.92. The van der Waals surface area contributed by atoms with Crippen LogP contribution in [0.3, 0.4) is 0 Å². The van der Waals surface area contributed by atoms with Gasteiger partial charge in [-0.2, -0.15) is 0 Å². The van der Waals surface area contributed by atoms with Gasteiger partial charge in [-0.25, -0.2) is 13.4 Å². The number of benzene rings is 2. The number of hydrogen-bond donors (Lipinski definition) is 1. The molecule has 1 fully saturated rings. The van der Waals surface area contributed by atoms with Gasteiger partial charge in [-0.15, -0.1) is 0 Å². The van der Waals surface area contributed by atoms with E-state index in [4.69, 9.17) is 4.98 Å². The lowest BCUT2D eigenvalue weighted by Gasteiger charge is -2.35. The lowest BCUT2D eigenvalue weighted by Crippen LogP contribution is -2.46. The van der Waals surface area contributed by atoms with E-state index in [2.05, 4.69) is 21.4 Å². The van der Waals surface area contributed by atoms with Crippen LogP contribution >= 0.6 is 0 Å². The molecule has 0 aliphatic carbocycles. The normalized spacial score (nSPS) is 15.7. The summed E-state index contributed by atoms with van der Waals surface area (Å²) in [5, 5.41) is 2.01. The fraction of sp³-hybridized carbons (Fsp3) is 0.286. The number of piperazine rings is 1. The van der Waals surface area contributed by atoms with E-state index in [9.17, 15) is 8.42 Å². The van der Waals surface area contributed by atoms with Crippen LogP contribution in [0.5, 0.6) is 0 Å². The Balaban J connectivity index is 1.70. The Hall–Kier alpha value is -2.64. The number of nitrogens with zero attached hydrogens (tertiary/aromatic N) is 3. The first-order valence-corrected chi connectivity index (χ1v) is 11.0. The summed E-state index contributed by atoms with van der Waals surface area (Å²) < 4.78 is 28.1. The fourth-order valence-electron chi connectivity index (χ4n) is 3.55. The molecule has 3 aromatic rings. The van der Waals surface area contributed by atoms with Crippen molar-refractivity contribution in [3.8, 4) is 0 Å². The number of hydrogen-bond acceptors (Lipinski definition) is 5. The largest absolute Gasteiger partial charge is 0.353 e. The van der Waals surface area contributed by atoms with Crippen molar-refractivity contribution < 1.29 is 8.42 Å². The Bertz CT molecular complexity index is 1060. The monoisotopic (exact) mass is 396 g/mol. The first-order valence-electron chi connectivity index (χ1n) is 9.52. The van der Waals surface area contributed by atoms with E-state index in [1.807, 2.05) is 24.3 Å². The van der Waals surface area contributed by atoms with Crippen LogP contribution < -0.4 is 9.62 Å². The summed E-state index contributed by atoms with van der Waals surface area (Å²) >= 11 is 0. The SMILES string of the molecule is CCN1CCN(c2nc(NS(=O)(=O)c3ccccc3)cc3ccccc23)CC1. The Morgan fingerprint density at radius 2 is 1.64 bits per heavy atom. The van der Waals surface area contributed by atoms with Crippen LogP contribution in [0, 0.1) is 0 Å². The van der Waals surface area contributed by atoms with Crippen LogP contribution in [0.15, 0.2) is 65.6 Å². The van der Waals surface area contributed by atoms with Gasteiger partial charge in [0.15, 0.2) is 0 Å². The third kappa shape index (κ3) is 3.81. The van der Waals surface area contributed by atoms with E-state index < -0.39 is 10.0 Å². The number of sulfonamides is 1. The van der Waals surface area contributed by atoms with Gasteiger partial charge in [0.1, 0.15) is 11.6 Å². The molecule has 28 heavy (non-hydrogen) atoms. The maximum Gasteiger partial charge on any atom is 0.263 e. The number of rotatable bonds is 5. The predicted molar refractivity (Wildman–Crippen MR) is 113 cm³/mol. The van der Waals surface area contributed by atoms with Crippen molar-refractivity contribution in [1.82, 2.24) is 9.88 Å². The summed E-state index contributed by atoms with van der Waals surface area (Å²) in [6, 6.07) is 18.1. The zero-order valence-corrected chi connectivity index (χ0v) is 16.7. The zero-order valence-electron chi connectivity index (χ0n) is 15.9. The smallest absolute Gasteiger partial charge is 0.263 e. The molecule has 0 spiro atoms. The second kappa shape index (κ2) is 7.77. The third-order valence-corrected chi connectivity index (χ3v) is 6.50. The van der Waals surface area contributed by atoms with Gasteiger partial charge in [0.25, 0.3) is 10.0 Å². The minimum atomic E-state index is -3.68. The molecule has 0 amide bonds. The number of anilines is 2. The van der Waals surface area contributed by atoms with Crippen LogP contribution in [0.25, 0.3) is 10.8 Å². The highest BCUT2D eigenvalue weighted by Gasteiger charge is 2.21. The molecule has 4 rings (SSSR count). The highest BCUT2D eigenvalue weighted by atomic mass is 32.2. The topological polar surface area (TPSA) is 65.5 Å². The van der Waals surface area contributed by atoms with Gasteiger partial charge in [-0.3, -0.25) is 4.72 Å². The van der Waals surface area contributed by atoms with E-state index in [-0.39, 0.29) is 4.90 Å². The van der Waals surface area contributed by atoms with Crippen molar-refractivity contribution in [2.45, 2.75) is 11.8 Å². The van der Waals surface area contributed by atoms with Gasteiger partial charge >= 0.3 is 0 Å². The molecule has 0 bridgehead atoms. The molecule has 6 nitrogen and oxygen atoms in total. The van der Waals surface area contributed by atoms with E-state index in [0.717, 1.165) is 49.3 Å². The van der Waals surface area contributed by atoms with Gasteiger partial charge in [0.2, 0.25) is 0 Å². The second-order valence-corrected chi connectivity index (χ2v) is 8.57. The molecular weight excluding hydrogens is 372 g/mol. The van der Waals surface area contributed by atoms with Gasteiger partial charge in [-0.1, -0.05) is 49.4 Å². The molecule has 0 radical (unpaired) electrons. The quantitative estimate of drug-likeness (QED) is 0.718. The molecule has 2 aromatic carbocycles. The third-order valence-electron chi connectivity index (χ3n) is 5.13. The van der Waals surface area contributed by atoms with Crippen molar-refractivity contribution in [1.29, 1.82) is 0 Å². The van der Waals surface area contributed by atoms with Crippen LogP contribution in [-0.2, 0) is 10.0 Å². The molecular formula is C21H24N4O2S. The summed E-state index contributed by atoms with van der Waals surface area (Å²) in [5.41, 5.74) is 0. The van der Waals surface area contributed by atoms with Crippen LogP contribution in [0.4, 0.5) is 11.6 Å². The average molecular weight is 397 g/mol. The van der Waals surface area contributed by atoms with Crippen molar-refractivity contribution in [2.75, 3.05) is 42.3 Å². The Kier molecular flexibility index (Phi) is 5.19. The molecule has 2 heterocycles. The summed E-state index contributed by atoms with van der Waals surface area (Å²) in [5.74, 6) is 1.18. The van der Waals surface area contributed by atoms with Crippen LogP contribution in [-0.4, -0.2) is 51.0 Å². The van der Waals surface area contributed by atoms with Gasteiger partial charge in [0, 0.05) is 31.6 Å². The summed E-state index contributed by atoms with van der Waals surface area (Å²) in [6.07, 6.45) is 0. The van der Waals surface area contributed by atoms with Gasteiger partial charge in [-0.05, 0) is 30.1 Å². The van der Waals surface area contributed by atoms with Crippen LogP contribution in [0.2, 0.25) is 0 Å². The molecule has 1 aliphatic heterocycles. The molecule has 1 N–H and O–H groups in total. The number of likely N-dealkylation sites (N-methyl/N-ethyl adjacent to an activating group) is 1. The van der Waals surface area contributed by atoms with E-state index >= 15 is 0 Å². The maximum absolute atomic E-state index is 12.7. The van der Waals surface area contributed by atoms with Crippen molar-refractivity contribution in [3.63, 3.8) is 0 Å². The molecule has 1 aromatic heterocycles. The number of aromatic nitrogens is 1. The highest BCUT2D eigenvalue weighted by Crippen LogP contribution is 2.29. The second-order valence-electron chi connectivity index (χ2n) is 6.89. The Labute approximate surface area is 165 Å². The fourth-order valence-corrected chi connectivity index (χ4v) is 4.56. The van der Waals surface area contributed by atoms with Crippen molar-refractivity contribution in [2.24, 2.45) is 0 Å². The Morgan fingerprint density at radius 1 is 0.964 bits per heavy atom. The zero-order chi connectivity index (χ0) is 19.6. The number of fused-ring (bicyclic) bond motifs is 1. The highest BCUT2D eigenvalue weighted by molar-refractivity contribution is 7.92. The Morgan fingerprint density at radius 3 is 2.36 bits per heavy atom. The molecule has 146 valence electrons. The van der Waals surface area contributed by atoms with Crippen molar-refractivity contribution >= 4 is 32.4 Å². The van der Waals surface area contributed by atoms with Gasteiger partial charge in [0.05, 0.1) is 4.90 Å². The predicted octanol–water partition coefficient (Wildman–Crippen LogP) is 3.18. The minimum Gasteiger partial charge on any atom is -0.353 e. The van der Waals surface area contributed by atoms with E-state index in [0.29, 0.717) is 5.82 Å².